The third kappa shape index (κ3) is 16.6. The van der Waals surface area contributed by atoms with Crippen LogP contribution in [0.5, 0.6) is 0 Å². The van der Waals surface area contributed by atoms with Gasteiger partial charge in [-0.05, 0) is 13.3 Å². The zero-order valence-corrected chi connectivity index (χ0v) is 15.0. The van der Waals surface area contributed by atoms with Gasteiger partial charge in [0, 0.05) is 37.7 Å². The van der Waals surface area contributed by atoms with Gasteiger partial charge in [-0.2, -0.15) is 0 Å². The maximum Gasteiger partial charge on any atom is 0.334 e. The molecule has 0 aromatic rings. The van der Waals surface area contributed by atoms with E-state index >= 15 is 0 Å². The van der Waals surface area contributed by atoms with Gasteiger partial charge in [0.1, 0.15) is 6.10 Å². The van der Waals surface area contributed by atoms with Crippen LogP contribution in [0.2, 0.25) is 0 Å². The van der Waals surface area contributed by atoms with Gasteiger partial charge in [0.2, 0.25) is 0 Å². The molecule has 1 atom stereocenters. The summed E-state index contributed by atoms with van der Waals surface area (Å²) in [6, 6.07) is 0. The van der Waals surface area contributed by atoms with Crippen molar-refractivity contribution in [3.8, 4) is 0 Å². The van der Waals surface area contributed by atoms with Crippen LogP contribution in [0.4, 0.5) is 0 Å². The molecule has 0 fully saturated rings. The number of carbonyl (C=O) groups excluding carboxylic acids is 1. The minimum atomic E-state index is -0.992. The molecule has 0 aliphatic rings. The van der Waals surface area contributed by atoms with Crippen LogP contribution >= 0.6 is 0 Å². The molecule has 0 aromatic heterocycles. The van der Waals surface area contributed by atoms with E-state index in [0.29, 0.717) is 6.61 Å². The van der Waals surface area contributed by atoms with Gasteiger partial charge in [-0.15, -0.1) is 0 Å². The Hall–Kier alpha value is 0.690. The number of unbranched alkanes of at least 4 members (excludes halogenated alkanes) is 9. The molecule has 0 aromatic carbocycles. The van der Waals surface area contributed by atoms with E-state index in [1.165, 1.54) is 58.3 Å². The quantitative estimate of drug-likeness (QED) is 0.341. The Morgan fingerprint density at radius 2 is 1.37 bits per heavy atom. The van der Waals surface area contributed by atoms with Crippen LogP contribution in [0.15, 0.2) is 0 Å². The summed E-state index contributed by atoms with van der Waals surface area (Å²) in [4.78, 5) is 10.9. The van der Waals surface area contributed by atoms with Crippen LogP contribution in [-0.2, 0) is 9.53 Å². The van der Waals surface area contributed by atoms with E-state index in [9.17, 15) is 4.79 Å². The van der Waals surface area contributed by atoms with Crippen molar-refractivity contribution in [2.75, 3.05) is 6.61 Å². The second-order valence-corrected chi connectivity index (χ2v) is 5.03. The van der Waals surface area contributed by atoms with Crippen LogP contribution in [0.3, 0.4) is 0 Å². The summed E-state index contributed by atoms with van der Waals surface area (Å²) in [5.41, 5.74) is 0. The number of aliphatic hydroxyl groups is 1. The summed E-state index contributed by atoms with van der Waals surface area (Å²) in [7, 11) is 0. The minimum absolute atomic E-state index is 0. The first-order valence-corrected chi connectivity index (χ1v) is 7.53. The van der Waals surface area contributed by atoms with Crippen molar-refractivity contribution in [3.05, 3.63) is 0 Å². The molecule has 1 N–H and O–H groups in total. The van der Waals surface area contributed by atoms with Crippen LogP contribution < -0.4 is 0 Å². The monoisotopic (exact) mass is 298 g/mol. The molecule has 3 nitrogen and oxygen atoms in total. The predicted octanol–water partition coefficient (Wildman–Crippen LogP) is 3.45. The number of aliphatic hydroxyl groups excluding tert-OH is 1. The van der Waals surface area contributed by atoms with E-state index in [-0.39, 0.29) is 37.7 Å². The first-order chi connectivity index (χ1) is 8.68. The molecule has 0 aliphatic carbocycles. The Kier molecular flexibility index (Phi) is 19.4. The van der Waals surface area contributed by atoms with Gasteiger partial charge >= 0.3 is 5.97 Å². The van der Waals surface area contributed by atoms with Gasteiger partial charge in [-0.25, -0.2) is 4.79 Å². The molecule has 0 heterocycles. The second kappa shape index (κ2) is 16.7. The van der Waals surface area contributed by atoms with Gasteiger partial charge in [0.15, 0.2) is 0 Å². The average Bonchev–Trinajstić information content (AvgIpc) is 2.35. The summed E-state index contributed by atoms with van der Waals surface area (Å²) in [5, 5.41) is 8.91. The van der Waals surface area contributed by atoms with E-state index in [2.05, 4.69) is 6.92 Å². The number of hydrogen-bond acceptors (Lipinski definition) is 3. The zero-order valence-electron chi connectivity index (χ0n) is 12.8. The fourth-order valence-corrected chi connectivity index (χ4v) is 1.88. The summed E-state index contributed by atoms with van der Waals surface area (Å²) in [6.45, 7) is 4.12. The molecule has 0 rings (SSSR count). The number of carbonyl (C=O) groups is 1. The van der Waals surface area contributed by atoms with Gasteiger partial charge in [0.05, 0.1) is 6.61 Å². The molecule has 0 saturated heterocycles. The fourth-order valence-electron chi connectivity index (χ4n) is 1.88. The fraction of sp³-hybridized carbons (Fsp3) is 0.933. The Bertz CT molecular complexity index is 196. The van der Waals surface area contributed by atoms with Crippen molar-refractivity contribution in [2.45, 2.75) is 84.2 Å². The molecular weight excluding hydrogens is 268 g/mol. The summed E-state index contributed by atoms with van der Waals surface area (Å²) < 4.78 is 4.89. The maximum atomic E-state index is 10.9. The smallest absolute Gasteiger partial charge is 0.334 e. The number of hydrogen-bond donors (Lipinski definition) is 1. The van der Waals surface area contributed by atoms with Crippen LogP contribution in [-0.4, -0.2) is 61.5 Å². The van der Waals surface area contributed by atoms with E-state index < -0.39 is 12.1 Å². The summed E-state index contributed by atoms with van der Waals surface area (Å²) in [5.74, 6) is -0.508. The topological polar surface area (TPSA) is 46.5 Å². The van der Waals surface area contributed by atoms with Gasteiger partial charge < -0.3 is 9.84 Å². The molecule has 0 bridgehead atoms. The molecule has 110 valence electrons. The largest absolute Gasteiger partial charge is 0.464 e. The van der Waals surface area contributed by atoms with E-state index in [1.807, 2.05) is 0 Å². The summed E-state index contributed by atoms with van der Waals surface area (Å²) >= 11 is 0. The van der Waals surface area contributed by atoms with Gasteiger partial charge in [-0.1, -0.05) is 64.7 Å². The normalized spacial score (nSPS) is 11.7. The first-order valence-electron chi connectivity index (χ1n) is 7.53. The third-order valence-corrected chi connectivity index (χ3v) is 3.08. The van der Waals surface area contributed by atoms with Crippen LogP contribution in [0.1, 0.15) is 78.1 Å². The standard InChI is InChI=1S/C15H30O3.Ca/c1-3-4-5-6-7-8-9-10-11-12-13-18-15(17)14(2)16;/h14,16H,3-13H2,1-2H3;. The van der Waals surface area contributed by atoms with Crippen molar-refractivity contribution >= 4 is 43.7 Å². The summed E-state index contributed by atoms with van der Waals surface area (Å²) in [6.07, 6.45) is 11.7. The van der Waals surface area contributed by atoms with Gasteiger partial charge in [0.25, 0.3) is 0 Å². The maximum absolute atomic E-state index is 10.9. The zero-order chi connectivity index (χ0) is 13.6. The molecule has 19 heavy (non-hydrogen) atoms. The first kappa shape index (κ1) is 22.0. The van der Waals surface area contributed by atoms with E-state index in [1.54, 1.807) is 0 Å². The molecule has 0 saturated carbocycles. The average molecular weight is 298 g/mol. The van der Waals surface area contributed by atoms with Gasteiger partial charge in [-0.3, -0.25) is 0 Å². The van der Waals surface area contributed by atoms with E-state index in [4.69, 9.17) is 9.84 Å². The second-order valence-electron chi connectivity index (χ2n) is 5.03. The number of rotatable bonds is 12. The Morgan fingerprint density at radius 3 is 1.79 bits per heavy atom. The van der Waals surface area contributed by atoms with Crippen LogP contribution in [0.25, 0.3) is 0 Å². The number of ether oxygens (including phenoxy) is 1. The van der Waals surface area contributed by atoms with E-state index in [0.717, 1.165) is 12.8 Å². The SMILES string of the molecule is CCCCCCCCCCCCOC(=O)C(C)O.[Ca]. The Balaban J connectivity index is 0. The Morgan fingerprint density at radius 1 is 0.947 bits per heavy atom. The minimum Gasteiger partial charge on any atom is -0.464 e. The molecule has 4 heteroatoms. The molecule has 0 spiro atoms. The van der Waals surface area contributed by atoms with Crippen molar-refractivity contribution in [1.29, 1.82) is 0 Å². The molecule has 2 radical (unpaired) electrons. The molecule has 0 aliphatic heterocycles. The molecule has 0 amide bonds. The van der Waals surface area contributed by atoms with Crippen molar-refractivity contribution in [3.63, 3.8) is 0 Å². The van der Waals surface area contributed by atoms with Crippen molar-refractivity contribution < 1.29 is 14.6 Å². The third-order valence-electron chi connectivity index (χ3n) is 3.08. The van der Waals surface area contributed by atoms with Crippen molar-refractivity contribution in [2.24, 2.45) is 0 Å². The Labute approximate surface area is 148 Å². The number of esters is 1. The molecular formula is C15H30CaO3. The predicted molar refractivity (Wildman–Crippen MR) is 80.2 cm³/mol. The van der Waals surface area contributed by atoms with Crippen LogP contribution in [0, 0.1) is 0 Å². The van der Waals surface area contributed by atoms with Crippen molar-refractivity contribution in [1.82, 2.24) is 0 Å². The molecule has 1 unspecified atom stereocenters.